The predicted molar refractivity (Wildman–Crippen MR) is 124 cm³/mol. The highest BCUT2D eigenvalue weighted by Crippen LogP contribution is 2.38. The molecule has 0 radical (unpaired) electrons. The molecule has 1 heterocycles. The summed E-state index contributed by atoms with van der Waals surface area (Å²) in [6.07, 6.45) is 5.47. The van der Waals surface area contributed by atoms with Crippen molar-refractivity contribution in [1.29, 1.82) is 0 Å². The molecule has 2 aromatic rings. The first-order valence-electron chi connectivity index (χ1n) is 9.67. The van der Waals surface area contributed by atoms with E-state index >= 15 is 0 Å². The number of anilines is 1. The number of aliphatic imine (C=N–C) groups is 2. The van der Waals surface area contributed by atoms with Gasteiger partial charge in [0.1, 0.15) is 5.04 Å². The molecule has 29 heavy (non-hydrogen) atoms. The Balaban J connectivity index is 1.49. The normalized spacial score (nSPS) is 17.7. The molecule has 0 atom stereocenters. The lowest BCUT2D eigenvalue weighted by Crippen LogP contribution is -2.25. The Kier molecular flexibility index (Phi) is 6.28. The van der Waals surface area contributed by atoms with E-state index in [9.17, 15) is 4.79 Å². The SMILES string of the molecule is O=C(CSC1=NC2(CCCCC2)N=C1c1ccccc1)Nc1cc(Cl)cc(Cl)c1. The van der Waals surface area contributed by atoms with Gasteiger partial charge in [0.2, 0.25) is 5.91 Å². The van der Waals surface area contributed by atoms with Crippen LogP contribution in [0.4, 0.5) is 5.69 Å². The van der Waals surface area contributed by atoms with Crippen LogP contribution in [0, 0.1) is 0 Å². The van der Waals surface area contributed by atoms with Crippen LogP contribution in [0.3, 0.4) is 0 Å². The number of nitrogens with one attached hydrogen (secondary N) is 1. The zero-order valence-corrected chi connectivity index (χ0v) is 18.2. The highest BCUT2D eigenvalue weighted by Gasteiger charge is 2.37. The van der Waals surface area contributed by atoms with Gasteiger partial charge in [0.15, 0.2) is 5.66 Å². The van der Waals surface area contributed by atoms with Crippen molar-refractivity contribution in [3.63, 3.8) is 0 Å². The van der Waals surface area contributed by atoms with E-state index in [1.807, 2.05) is 30.3 Å². The number of carbonyl (C=O) groups is 1. The van der Waals surface area contributed by atoms with Crippen molar-refractivity contribution in [2.45, 2.75) is 37.8 Å². The molecule has 1 N–H and O–H groups in total. The fraction of sp³-hybridized carbons (Fsp3) is 0.318. The summed E-state index contributed by atoms with van der Waals surface area (Å²) in [6, 6.07) is 15.1. The van der Waals surface area contributed by atoms with Gasteiger partial charge in [-0.25, -0.2) is 4.99 Å². The van der Waals surface area contributed by atoms with Crippen LogP contribution in [-0.2, 0) is 4.79 Å². The van der Waals surface area contributed by atoms with Crippen molar-refractivity contribution in [2.24, 2.45) is 9.98 Å². The molecule has 1 fully saturated rings. The molecule has 4 rings (SSSR count). The molecule has 0 unspecified atom stereocenters. The van der Waals surface area contributed by atoms with Crippen LogP contribution in [0.15, 0.2) is 58.5 Å². The molecule has 2 aromatic carbocycles. The summed E-state index contributed by atoms with van der Waals surface area (Å²) in [5.74, 6) is 0.110. The second-order valence-corrected chi connectivity index (χ2v) is 9.12. The van der Waals surface area contributed by atoms with E-state index < -0.39 is 0 Å². The number of benzene rings is 2. The molecule has 1 amide bonds. The van der Waals surface area contributed by atoms with Gasteiger partial charge in [-0.3, -0.25) is 9.79 Å². The largest absolute Gasteiger partial charge is 0.325 e. The maximum absolute atomic E-state index is 12.5. The minimum atomic E-state index is -0.345. The Bertz CT molecular complexity index is 949. The van der Waals surface area contributed by atoms with Crippen molar-refractivity contribution in [1.82, 2.24) is 0 Å². The smallest absolute Gasteiger partial charge is 0.234 e. The standard InChI is InChI=1S/C22H21Cl2N3OS/c23-16-11-17(24)13-18(12-16)25-19(28)14-29-21-20(15-7-3-1-4-8-15)26-22(27-21)9-5-2-6-10-22/h1,3-4,7-8,11-13H,2,5-6,9-10,14H2,(H,25,28). The number of amides is 1. The number of carbonyl (C=O) groups excluding carboxylic acids is 1. The third-order valence-corrected chi connectivity index (χ3v) is 6.42. The molecule has 0 bridgehead atoms. The number of hydrogen-bond donors (Lipinski definition) is 1. The summed E-state index contributed by atoms with van der Waals surface area (Å²) in [6.45, 7) is 0. The Hall–Kier alpha value is -1.82. The first-order chi connectivity index (χ1) is 14.0. The molecule has 4 nitrogen and oxygen atoms in total. The number of thioether (sulfide) groups is 1. The number of hydrogen-bond acceptors (Lipinski definition) is 4. The zero-order valence-electron chi connectivity index (χ0n) is 15.8. The molecular weight excluding hydrogens is 425 g/mol. The van der Waals surface area contributed by atoms with Gasteiger partial charge in [0.25, 0.3) is 0 Å². The lowest BCUT2D eigenvalue weighted by Gasteiger charge is -2.27. The van der Waals surface area contributed by atoms with E-state index in [-0.39, 0.29) is 17.3 Å². The van der Waals surface area contributed by atoms with Crippen LogP contribution in [0.5, 0.6) is 0 Å². The Labute approximate surface area is 184 Å². The maximum atomic E-state index is 12.5. The molecular formula is C22H21Cl2N3OS. The fourth-order valence-electron chi connectivity index (χ4n) is 3.71. The lowest BCUT2D eigenvalue weighted by atomic mass is 9.90. The third kappa shape index (κ3) is 5.03. The first kappa shape index (κ1) is 20.5. The van der Waals surface area contributed by atoms with Gasteiger partial charge < -0.3 is 5.32 Å². The molecule has 1 aliphatic heterocycles. The Morgan fingerprint density at radius 3 is 2.38 bits per heavy atom. The van der Waals surface area contributed by atoms with Gasteiger partial charge in [0.05, 0.1) is 11.5 Å². The molecule has 2 aliphatic rings. The van der Waals surface area contributed by atoms with E-state index in [4.69, 9.17) is 33.2 Å². The fourth-order valence-corrected chi connectivity index (χ4v) is 5.11. The maximum Gasteiger partial charge on any atom is 0.234 e. The summed E-state index contributed by atoms with van der Waals surface area (Å²) in [5.41, 5.74) is 2.18. The van der Waals surface area contributed by atoms with Gasteiger partial charge in [-0.05, 0) is 43.9 Å². The molecule has 1 spiro atoms. The first-order valence-corrected chi connectivity index (χ1v) is 11.4. The monoisotopic (exact) mass is 445 g/mol. The van der Waals surface area contributed by atoms with Gasteiger partial charge in [0, 0.05) is 21.3 Å². The predicted octanol–water partition coefficient (Wildman–Crippen LogP) is 6.23. The number of rotatable bonds is 4. The summed E-state index contributed by atoms with van der Waals surface area (Å²) in [4.78, 5) is 22.5. The molecule has 1 saturated carbocycles. The molecule has 7 heteroatoms. The molecule has 0 aromatic heterocycles. The minimum absolute atomic E-state index is 0.131. The van der Waals surface area contributed by atoms with Crippen LogP contribution in [-0.4, -0.2) is 28.1 Å². The van der Waals surface area contributed by atoms with Crippen LogP contribution >= 0.6 is 35.0 Å². The summed E-state index contributed by atoms with van der Waals surface area (Å²) >= 11 is 13.4. The quantitative estimate of drug-likeness (QED) is 0.606. The lowest BCUT2D eigenvalue weighted by molar-refractivity contribution is -0.113. The second-order valence-electron chi connectivity index (χ2n) is 7.28. The van der Waals surface area contributed by atoms with Crippen LogP contribution in [0.25, 0.3) is 0 Å². The van der Waals surface area contributed by atoms with Crippen molar-refractivity contribution >= 4 is 57.3 Å². The minimum Gasteiger partial charge on any atom is -0.325 e. The average molecular weight is 446 g/mol. The van der Waals surface area contributed by atoms with E-state index in [2.05, 4.69) is 5.32 Å². The van der Waals surface area contributed by atoms with Crippen molar-refractivity contribution in [3.8, 4) is 0 Å². The van der Waals surface area contributed by atoms with Crippen LogP contribution in [0.2, 0.25) is 10.0 Å². The number of halogens is 2. The topological polar surface area (TPSA) is 53.8 Å². The highest BCUT2D eigenvalue weighted by molar-refractivity contribution is 8.16. The third-order valence-electron chi connectivity index (χ3n) is 5.02. The summed E-state index contributed by atoms with van der Waals surface area (Å²) < 4.78 is 0. The van der Waals surface area contributed by atoms with Crippen molar-refractivity contribution in [2.75, 3.05) is 11.1 Å². The summed E-state index contributed by atoms with van der Waals surface area (Å²) in [5, 5.41) is 4.66. The molecule has 1 aliphatic carbocycles. The van der Waals surface area contributed by atoms with Gasteiger partial charge >= 0.3 is 0 Å². The van der Waals surface area contributed by atoms with Gasteiger partial charge in [-0.15, -0.1) is 0 Å². The van der Waals surface area contributed by atoms with E-state index in [0.29, 0.717) is 15.7 Å². The van der Waals surface area contributed by atoms with Crippen molar-refractivity contribution in [3.05, 3.63) is 64.1 Å². The van der Waals surface area contributed by atoms with Gasteiger partial charge in [-0.1, -0.05) is 71.7 Å². The van der Waals surface area contributed by atoms with Gasteiger partial charge in [-0.2, -0.15) is 0 Å². The van der Waals surface area contributed by atoms with Crippen LogP contribution in [0.1, 0.15) is 37.7 Å². The Morgan fingerprint density at radius 2 is 1.69 bits per heavy atom. The van der Waals surface area contributed by atoms with E-state index in [1.54, 1.807) is 18.2 Å². The zero-order chi connectivity index (χ0) is 20.3. The van der Waals surface area contributed by atoms with E-state index in [1.165, 1.54) is 18.2 Å². The summed E-state index contributed by atoms with van der Waals surface area (Å²) in [7, 11) is 0. The molecule has 150 valence electrons. The van der Waals surface area contributed by atoms with Crippen molar-refractivity contribution < 1.29 is 4.79 Å². The second kappa shape index (κ2) is 8.90. The molecule has 0 saturated heterocycles. The van der Waals surface area contributed by atoms with Crippen LogP contribution < -0.4 is 5.32 Å². The Morgan fingerprint density at radius 1 is 1.00 bits per heavy atom. The average Bonchev–Trinajstić information content (AvgIpc) is 3.05. The highest BCUT2D eigenvalue weighted by atomic mass is 35.5. The van der Waals surface area contributed by atoms with E-state index in [0.717, 1.165) is 42.0 Å². The number of nitrogens with zero attached hydrogens (tertiary/aromatic N) is 2.